The molecule has 0 heterocycles. The standard InChI is InChI=1S/C6H6F4O2/c1-3(11)2-4(7)5(12)6(8,9)10/h4H,2H2,1H3. The van der Waals surface area contributed by atoms with Crippen molar-refractivity contribution >= 4 is 11.6 Å². The first kappa shape index (κ1) is 11.1. The van der Waals surface area contributed by atoms with Gasteiger partial charge in [-0.2, -0.15) is 13.2 Å². The molecule has 0 aromatic rings. The summed E-state index contributed by atoms with van der Waals surface area (Å²) in [5.41, 5.74) is 0. The second kappa shape index (κ2) is 3.64. The molecule has 0 radical (unpaired) electrons. The van der Waals surface area contributed by atoms with Gasteiger partial charge in [0.2, 0.25) is 0 Å². The van der Waals surface area contributed by atoms with Gasteiger partial charge in [-0.15, -0.1) is 0 Å². The number of halogens is 4. The van der Waals surface area contributed by atoms with Crippen LogP contribution < -0.4 is 0 Å². The van der Waals surface area contributed by atoms with Gasteiger partial charge in [0.05, 0.1) is 0 Å². The summed E-state index contributed by atoms with van der Waals surface area (Å²) in [6.07, 6.45) is -8.98. The van der Waals surface area contributed by atoms with Crippen LogP contribution in [0.1, 0.15) is 13.3 Å². The molecule has 6 heteroatoms. The summed E-state index contributed by atoms with van der Waals surface area (Å²) >= 11 is 0. The highest BCUT2D eigenvalue weighted by atomic mass is 19.4. The number of Topliss-reactive ketones (excluding diaryl/α,β-unsaturated/α-hetero) is 2. The Labute approximate surface area is 65.5 Å². The molecular formula is C6H6F4O2. The van der Waals surface area contributed by atoms with Crippen molar-refractivity contribution < 1.29 is 27.2 Å². The molecule has 0 aliphatic heterocycles. The SMILES string of the molecule is CC(=O)CC(F)C(=O)C(F)(F)F. The van der Waals surface area contributed by atoms with Crippen LogP contribution in [0.3, 0.4) is 0 Å². The lowest BCUT2D eigenvalue weighted by atomic mass is 10.1. The minimum absolute atomic E-state index is 0.792. The van der Waals surface area contributed by atoms with E-state index in [2.05, 4.69) is 0 Å². The van der Waals surface area contributed by atoms with E-state index in [1.807, 2.05) is 0 Å². The predicted molar refractivity (Wildman–Crippen MR) is 31.3 cm³/mol. The number of hydrogen-bond donors (Lipinski definition) is 0. The summed E-state index contributed by atoms with van der Waals surface area (Å²) in [4.78, 5) is 20.2. The van der Waals surface area contributed by atoms with E-state index in [0.717, 1.165) is 6.92 Å². The summed E-state index contributed by atoms with van der Waals surface area (Å²) in [5, 5.41) is 0. The van der Waals surface area contributed by atoms with E-state index in [4.69, 9.17) is 0 Å². The van der Waals surface area contributed by atoms with Gasteiger partial charge >= 0.3 is 6.18 Å². The maximum Gasteiger partial charge on any atom is 0.453 e. The Morgan fingerprint density at radius 3 is 2.00 bits per heavy atom. The fourth-order valence-corrected chi connectivity index (χ4v) is 0.523. The first-order valence-corrected chi connectivity index (χ1v) is 2.99. The molecule has 0 amide bonds. The van der Waals surface area contributed by atoms with Crippen molar-refractivity contribution in [3.8, 4) is 0 Å². The van der Waals surface area contributed by atoms with Gasteiger partial charge in [-0.05, 0) is 6.92 Å². The van der Waals surface area contributed by atoms with Crippen molar-refractivity contribution in [1.29, 1.82) is 0 Å². The van der Waals surface area contributed by atoms with Gasteiger partial charge in [-0.3, -0.25) is 9.59 Å². The Kier molecular flexibility index (Phi) is 3.36. The average molecular weight is 186 g/mol. The Hall–Kier alpha value is -0.940. The molecule has 0 aromatic carbocycles. The topological polar surface area (TPSA) is 34.1 Å². The van der Waals surface area contributed by atoms with E-state index < -0.39 is 30.3 Å². The minimum atomic E-state index is -5.20. The van der Waals surface area contributed by atoms with Crippen molar-refractivity contribution in [1.82, 2.24) is 0 Å². The Balaban J connectivity index is 4.21. The summed E-state index contributed by atoms with van der Waals surface area (Å²) in [6.45, 7) is 0.913. The van der Waals surface area contributed by atoms with Crippen LogP contribution in [0.15, 0.2) is 0 Å². The fraction of sp³-hybridized carbons (Fsp3) is 0.667. The molecule has 0 spiro atoms. The molecule has 0 fully saturated rings. The van der Waals surface area contributed by atoms with E-state index in [1.165, 1.54) is 0 Å². The van der Waals surface area contributed by atoms with Gasteiger partial charge in [-0.1, -0.05) is 0 Å². The largest absolute Gasteiger partial charge is 0.453 e. The number of carbonyl (C=O) groups excluding carboxylic acids is 2. The predicted octanol–water partition coefficient (Wildman–Crippen LogP) is 1.44. The summed E-state index contributed by atoms with van der Waals surface area (Å²) in [6, 6.07) is 0. The molecule has 0 saturated heterocycles. The maximum absolute atomic E-state index is 12.3. The molecular weight excluding hydrogens is 180 g/mol. The van der Waals surface area contributed by atoms with Crippen molar-refractivity contribution in [3.63, 3.8) is 0 Å². The number of hydrogen-bond acceptors (Lipinski definition) is 2. The molecule has 0 aromatic heterocycles. The zero-order chi connectivity index (χ0) is 9.94. The zero-order valence-electron chi connectivity index (χ0n) is 6.11. The van der Waals surface area contributed by atoms with Crippen LogP contribution in [-0.2, 0) is 9.59 Å². The minimum Gasteiger partial charge on any atom is -0.300 e. The zero-order valence-corrected chi connectivity index (χ0v) is 6.11. The van der Waals surface area contributed by atoms with Crippen LogP contribution in [0.2, 0.25) is 0 Å². The first-order chi connectivity index (χ1) is 5.25. The second-order valence-corrected chi connectivity index (χ2v) is 2.24. The molecule has 0 N–H and O–H groups in total. The molecule has 0 bridgehead atoms. The second-order valence-electron chi connectivity index (χ2n) is 2.24. The number of alkyl halides is 4. The lowest BCUT2D eigenvalue weighted by molar-refractivity contribution is -0.176. The van der Waals surface area contributed by atoms with Crippen LogP contribution in [-0.4, -0.2) is 23.9 Å². The third-order valence-electron chi connectivity index (χ3n) is 1.03. The summed E-state index contributed by atoms with van der Waals surface area (Å²) < 4.78 is 46.6. The fourth-order valence-electron chi connectivity index (χ4n) is 0.523. The first-order valence-electron chi connectivity index (χ1n) is 2.99. The van der Waals surface area contributed by atoms with Crippen LogP contribution in [0, 0.1) is 0 Å². The molecule has 0 rings (SSSR count). The van der Waals surface area contributed by atoms with Gasteiger partial charge < -0.3 is 0 Å². The highest BCUT2D eigenvalue weighted by Crippen LogP contribution is 2.20. The number of ketones is 2. The molecule has 70 valence electrons. The number of carbonyl (C=O) groups is 2. The maximum atomic E-state index is 12.3. The van der Waals surface area contributed by atoms with Crippen molar-refractivity contribution in [2.24, 2.45) is 0 Å². The van der Waals surface area contributed by atoms with Gasteiger partial charge in [0, 0.05) is 6.42 Å². The quantitative estimate of drug-likeness (QED) is 0.625. The molecule has 0 aliphatic carbocycles. The van der Waals surface area contributed by atoms with E-state index in [1.54, 1.807) is 0 Å². The van der Waals surface area contributed by atoms with E-state index in [-0.39, 0.29) is 0 Å². The molecule has 1 atom stereocenters. The van der Waals surface area contributed by atoms with Crippen LogP contribution >= 0.6 is 0 Å². The summed E-state index contributed by atoms with van der Waals surface area (Å²) in [7, 11) is 0. The number of rotatable bonds is 3. The third kappa shape index (κ3) is 3.45. The molecule has 2 nitrogen and oxygen atoms in total. The molecule has 12 heavy (non-hydrogen) atoms. The Bertz CT molecular complexity index is 196. The smallest absolute Gasteiger partial charge is 0.300 e. The normalized spacial score (nSPS) is 14.1. The lowest BCUT2D eigenvalue weighted by Gasteiger charge is -2.07. The monoisotopic (exact) mass is 186 g/mol. The van der Waals surface area contributed by atoms with E-state index in [9.17, 15) is 27.2 Å². The van der Waals surface area contributed by atoms with Crippen molar-refractivity contribution in [2.45, 2.75) is 25.7 Å². The van der Waals surface area contributed by atoms with E-state index >= 15 is 0 Å². The van der Waals surface area contributed by atoms with Crippen molar-refractivity contribution in [2.75, 3.05) is 0 Å². The third-order valence-corrected chi connectivity index (χ3v) is 1.03. The van der Waals surface area contributed by atoms with E-state index in [0.29, 0.717) is 0 Å². The highest BCUT2D eigenvalue weighted by Gasteiger charge is 2.43. The van der Waals surface area contributed by atoms with Gasteiger partial charge in [-0.25, -0.2) is 4.39 Å². The van der Waals surface area contributed by atoms with Crippen LogP contribution in [0.4, 0.5) is 17.6 Å². The van der Waals surface area contributed by atoms with Gasteiger partial charge in [0.25, 0.3) is 5.78 Å². The van der Waals surface area contributed by atoms with Crippen LogP contribution in [0.25, 0.3) is 0 Å². The molecule has 1 unspecified atom stereocenters. The van der Waals surface area contributed by atoms with Gasteiger partial charge in [0.15, 0.2) is 6.17 Å². The molecule has 0 aliphatic rings. The van der Waals surface area contributed by atoms with Crippen molar-refractivity contribution in [3.05, 3.63) is 0 Å². The Morgan fingerprint density at radius 2 is 1.75 bits per heavy atom. The van der Waals surface area contributed by atoms with Crippen LogP contribution in [0.5, 0.6) is 0 Å². The lowest BCUT2D eigenvalue weighted by Crippen LogP contribution is -2.32. The average Bonchev–Trinajstić information content (AvgIpc) is 1.82. The molecule has 0 saturated carbocycles. The highest BCUT2D eigenvalue weighted by molar-refractivity contribution is 5.92. The Morgan fingerprint density at radius 1 is 1.33 bits per heavy atom. The summed E-state index contributed by atoms with van der Waals surface area (Å²) in [5.74, 6) is -3.29. The van der Waals surface area contributed by atoms with Gasteiger partial charge in [0.1, 0.15) is 5.78 Å².